The van der Waals surface area contributed by atoms with Crippen LogP contribution < -0.4 is 11.4 Å². The van der Waals surface area contributed by atoms with Crippen LogP contribution in [-0.2, 0) is 0 Å². The van der Waals surface area contributed by atoms with Crippen molar-refractivity contribution < 1.29 is 0 Å². The Hall–Kier alpha value is -0.810. The first-order chi connectivity index (χ1) is 3.79. The first-order valence-corrected chi connectivity index (χ1v) is 2.24. The van der Waals surface area contributed by atoms with Gasteiger partial charge in [-0.05, 0) is 0 Å². The fourth-order valence-corrected chi connectivity index (χ4v) is 0.345. The highest BCUT2D eigenvalue weighted by molar-refractivity contribution is 6.79. The molecule has 3 N–H and O–H groups in total. The molecule has 1 aliphatic heterocycles. The van der Waals surface area contributed by atoms with Gasteiger partial charge in [-0.1, -0.05) is 11.6 Å². The molecule has 0 aromatic carbocycles. The molecule has 0 aromatic heterocycles. The lowest BCUT2D eigenvalue weighted by Crippen LogP contribution is -2.38. The maximum absolute atomic E-state index is 5.34. The van der Waals surface area contributed by atoms with Gasteiger partial charge in [-0.2, -0.15) is 5.53 Å². The van der Waals surface area contributed by atoms with Crippen LogP contribution in [0.1, 0.15) is 0 Å². The molecule has 1 aliphatic rings. The molecule has 0 bridgehead atoms. The second-order valence-electron chi connectivity index (χ2n) is 1.12. The molecule has 0 amide bonds. The van der Waals surface area contributed by atoms with Gasteiger partial charge in [0, 0.05) is 0 Å². The number of nitrogens with two attached hydrogens (primary N) is 1. The molecule has 5 nitrogen and oxygen atoms in total. The number of hydrazine groups is 2. The third-order valence-electron chi connectivity index (χ3n) is 0.548. The van der Waals surface area contributed by atoms with Gasteiger partial charge in [-0.15, -0.1) is 15.4 Å². The number of hydrogen-bond acceptors (Lipinski definition) is 5. The van der Waals surface area contributed by atoms with Crippen molar-refractivity contribution in [3.8, 4) is 0 Å². The molecule has 0 radical (unpaired) electrons. The number of hydrazone groups is 2. The molecule has 0 atom stereocenters. The standard InChI is InChI=1S/C2H4ClN5/c3-2-1-5-8(4)7-6-2/h1,7H,4H2. The fraction of sp³-hybridized carbons (Fsp3) is 0. The molecule has 0 aromatic rings. The van der Waals surface area contributed by atoms with E-state index in [2.05, 4.69) is 15.7 Å². The largest absolute Gasteiger partial charge is 0.209 e. The Kier molecular flexibility index (Phi) is 1.32. The van der Waals surface area contributed by atoms with Gasteiger partial charge in [0.05, 0.1) is 6.21 Å². The van der Waals surface area contributed by atoms with Gasteiger partial charge in [-0.3, -0.25) is 0 Å². The maximum Gasteiger partial charge on any atom is 0.171 e. The average molecular weight is 134 g/mol. The SMILES string of the molecule is NN1N=CC(Cl)=NN1. The van der Waals surface area contributed by atoms with Crippen molar-refractivity contribution in [3.63, 3.8) is 0 Å². The van der Waals surface area contributed by atoms with Crippen LogP contribution in [-0.4, -0.2) is 16.6 Å². The third-order valence-corrected chi connectivity index (χ3v) is 0.730. The van der Waals surface area contributed by atoms with Crippen LogP contribution in [0.3, 0.4) is 0 Å². The summed E-state index contributed by atoms with van der Waals surface area (Å²) in [6.45, 7) is 0. The average Bonchev–Trinajstić information content (AvgIpc) is 1.77. The molecular weight excluding hydrogens is 130 g/mol. The van der Waals surface area contributed by atoms with Crippen molar-refractivity contribution in [2.45, 2.75) is 0 Å². The lowest BCUT2D eigenvalue weighted by molar-refractivity contribution is 0.205. The highest BCUT2D eigenvalue weighted by atomic mass is 35.5. The van der Waals surface area contributed by atoms with Crippen LogP contribution in [0.5, 0.6) is 0 Å². The molecule has 1 heterocycles. The number of nitrogens with one attached hydrogen (secondary N) is 1. The lowest BCUT2D eigenvalue weighted by atomic mass is 10.8. The molecule has 44 valence electrons. The highest BCUT2D eigenvalue weighted by Gasteiger charge is 1.96. The Labute approximate surface area is 50.7 Å². The van der Waals surface area contributed by atoms with E-state index in [1.54, 1.807) is 0 Å². The molecule has 0 saturated heterocycles. The summed E-state index contributed by atoms with van der Waals surface area (Å²) >= 11 is 5.34. The van der Waals surface area contributed by atoms with Gasteiger partial charge >= 0.3 is 0 Å². The molecule has 8 heavy (non-hydrogen) atoms. The Morgan fingerprint density at radius 3 is 3.00 bits per heavy atom. The summed E-state index contributed by atoms with van der Waals surface area (Å²) in [4.78, 5) is 0. The maximum atomic E-state index is 5.34. The second kappa shape index (κ2) is 1.97. The van der Waals surface area contributed by atoms with Gasteiger partial charge in [0.2, 0.25) is 0 Å². The summed E-state index contributed by atoms with van der Waals surface area (Å²) in [5.41, 5.74) is 2.30. The molecule has 1 rings (SSSR count). The minimum atomic E-state index is 0.284. The Morgan fingerprint density at radius 1 is 1.88 bits per heavy atom. The summed E-state index contributed by atoms with van der Waals surface area (Å²) in [5.74, 6) is 5.06. The Balaban J connectivity index is 2.58. The molecule has 0 fully saturated rings. The van der Waals surface area contributed by atoms with Crippen LogP contribution in [0.15, 0.2) is 10.2 Å². The van der Waals surface area contributed by atoms with Gasteiger partial charge in [-0.25, -0.2) is 5.84 Å². The summed E-state index contributed by atoms with van der Waals surface area (Å²) in [5, 5.41) is 8.25. The number of nitrogens with zero attached hydrogens (tertiary/aromatic N) is 3. The van der Waals surface area contributed by atoms with Crippen LogP contribution in [0.4, 0.5) is 0 Å². The zero-order valence-corrected chi connectivity index (χ0v) is 4.63. The van der Waals surface area contributed by atoms with Gasteiger partial charge in [0.25, 0.3) is 0 Å². The van der Waals surface area contributed by atoms with Crippen LogP contribution in [0.2, 0.25) is 0 Å². The predicted octanol–water partition coefficient (Wildman–Crippen LogP) is -0.782. The topological polar surface area (TPSA) is 66.0 Å². The first-order valence-electron chi connectivity index (χ1n) is 1.86. The minimum absolute atomic E-state index is 0.284. The second-order valence-corrected chi connectivity index (χ2v) is 1.51. The zero-order chi connectivity index (χ0) is 5.98. The highest BCUT2D eigenvalue weighted by Crippen LogP contribution is 1.85. The van der Waals surface area contributed by atoms with E-state index in [1.165, 1.54) is 6.21 Å². The number of hydrogen-bond donors (Lipinski definition) is 2. The summed E-state index contributed by atoms with van der Waals surface area (Å²) in [7, 11) is 0. The van der Waals surface area contributed by atoms with E-state index >= 15 is 0 Å². The van der Waals surface area contributed by atoms with Crippen LogP contribution >= 0.6 is 11.6 Å². The van der Waals surface area contributed by atoms with E-state index in [9.17, 15) is 0 Å². The normalized spacial score (nSPS) is 17.8. The molecule has 0 spiro atoms. The number of rotatable bonds is 0. The summed E-state index contributed by atoms with van der Waals surface area (Å²) < 4.78 is 0. The van der Waals surface area contributed by atoms with E-state index in [4.69, 9.17) is 17.4 Å². The van der Waals surface area contributed by atoms with Gasteiger partial charge in [0.1, 0.15) is 0 Å². The zero-order valence-electron chi connectivity index (χ0n) is 3.87. The van der Waals surface area contributed by atoms with Crippen molar-refractivity contribution in [2.75, 3.05) is 0 Å². The van der Waals surface area contributed by atoms with E-state index in [1.807, 2.05) is 0 Å². The number of halogens is 1. The van der Waals surface area contributed by atoms with Crippen molar-refractivity contribution >= 4 is 23.0 Å². The van der Waals surface area contributed by atoms with Gasteiger partial charge < -0.3 is 0 Å². The summed E-state index contributed by atoms with van der Waals surface area (Å²) in [6.07, 6.45) is 1.33. The Bertz CT molecular complexity index is 139. The Morgan fingerprint density at radius 2 is 2.62 bits per heavy atom. The molecule has 0 aliphatic carbocycles. The molecular formula is C2H4ClN5. The van der Waals surface area contributed by atoms with Crippen LogP contribution in [0, 0.1) is 0 Å². The summed E-state index contributed by atoms with van der Waals surface area (Å²) in [6, 6.07) is 0. The lowest BCUT2D eigenvalue weighted by Gasteiger charge is -2.12. The van der Waals surface area contributed by atoms with E-state index < -0.39 is 0 Å². The molecule has 0 unspecified atom stereocenters. The van der Waals surface area contributed by atoms with Crippen molar-refractivity contribution in [3.05, 3.63) is 0 Å². The molecule has 6 heteroatoms. The van der Waals surface area contributed by atoms with Gasteiger partial charge in [0.15, 0.2) is 5.17 Å². The minimum Gasteiger partial charge on any atom is -0.209 e. The smallest absolute Gasteiger partial charge is 0.171 e. The third kappa shape index (κ3) is 1.08. The van der Waals surface area contributed by atoms with Crippen molar-refractivity contribution in [1.29, 1.82) is 0 Å². The van der Waals surface area contributed by atoms with E-state index in [0.717, 1.165) is 5.23 Å². The predicted molar refractivity (Wildman–Crippen MR) is 30.9 cm³/mol. The van der Waals surface area contributed by atoms with E-state index in [-0.39, 0.29) is 5.17 Å². The first kappa shape index (κ1) is 5.33. The molecule has 0 saturated carbocycles. The monoisotopic (exact) mass is 133 g/mol. The van der Waals surface area contributed by atoms with Crippen molar-refractivity contribution in [2.24, 2.45) is 16.0 Å². The van der Waals surface area contributed by atoms with Crippen molar-refractivity contribution in [1.82, 2.24) is 10.8 Å². The van der Waals surface area contributed by atoms with E-state index in [0.29, 0.717) is 0 Å². The fourth-order valence-electron chi connectivity index (χ4n) is 0.264. The quantitative estimate of drug-likeness (QED) is 0.426. The van der Waals surface area contributed by atoms with Crippen LogP contribution in [0.25, 0.3) is 0 Å².